The van der Waals surface area contributed by atoms with Crippen LogP contribution in [0.4, 0.5) is 14.5 Å². The van der Waals surface area contributed by atoms with Gasteiger partial charge in [0.1, 0.15) is 10.6 Å². The number of sulfonamides is 1. The van der Waals surface area contributed by atoms with Gasteiger partial charge in [0.25, 0.3) is 10.0 Å². The molecule has 0 aliphatic rings. The fraction of sp³-hybridized carbons (Fsp3) is 0.182. The van der Waals surface area contributed by atoms with E-state index in [4.69, 9.17) is 11.6 Å². The first-order chi connectivity index (χ1) is 9.79. The average Bonchev–Trinajstić information content (AvgIpc) is 2.79. The van der Waals surface area contributed by atoms with Crippen LogP contribution in [0.1, 0.15) is 5.69 Å². The first-order valence-corrected chi connectivity index (χ1v) is 7.43. The molecule has 1 aromatic heterocycles. The number of alkyl halides is 2. The molecule has 0 fully saturated rings. The molecule has 1 heterocycles. The second kappa shape index (κ2) is 5.86. The Morgan fingerprint density at radius 1 is 1.43 bits per heavy atom. The predicted molar refractivity (Wildman–Crippen MR) is 72.2 cm³/mol. The topological polar surface area (TPSA) is 84.1 Å². The smallest absolute Gasteiger partial charge is 0.387 e. The number of anilines is 1. The highest BCUT2D eigenvalue weighted by Crippen LogP contribution is 2.30. The van der Waals surface area contributed by atoms with Gasteiger partial charge in [-0.15, -0.1) is 0 Å². The number of hydrogen-bond acceptors (Lipinski definition) is 4. The molecule has 2 N–H and O–H groups in total. The van der Waals surface area contributed by atoms with Crippen molar-refractivity contribution < 1.29 is 21.9 Å². The molecule has 2 rings (SSSR count). The Hall–Kier alpha value is -1.87. The van der Waals surface area contributed by atoms with Gasteiger partial charge < -0.3 is 4.74 Å². The Kier molecular flexibility index (Phi) is 4.33. The van der Waals surface area contributed by atoms with E-state index < -0.39 is 16.6 Å². The standard InChI is InChI=1S/C11H10ClF2N3O3S/c1-6-10(5-15-16-6)21(18,19)17-7-2-3-9(8(12)4-7)20-11(13)14/h2-5,11,17H,1H3,(H,15,16). The van der Waals surface area contributed by atoms with Gasteiger partial charge in [0.05, 0.1) is 22.6 Å². The number of nitrogens with zero attached hydrogens (tertiary/aromatic N) is 1. The summed E-state index contributed by atoms with van der Waals surface area (Å²) >= 11 is 5.75. The molecule has 0 unspecified atom stereocenters. The van der Waals surface area contributed by atoms with E-state index in [0.29, 0.717) is 5.69 Å². The minimum Gasteiger partial charge on any atom is -0.433 e. The number of aromatic amines is 1. The minimum atomic E-state index is -3.84. The number of aromatic nitrogens is 2. The molecule has 0 aliphatic carbocycles. The number of aryl methyl sites for hydroxylation is 1. The first-order valence-electron chi connectivity index (χ1n) is 5.57. The van der Waals surface area contributed by atoms with Gasteiger partial charge in [-0.05, 0) is 25.1 Å². The highest BCUT2D eigenvalue weighted by Gasteiger charge is 2.19. The van der Waals surface area contributed by atoms with Gasteiger partial charge in [0.15, 0.2) is 0 Å². The lowest BCUT2D eigenvalue weighted by Gasteiger charge is -2.10. The molecular weight excluding hydrogens is 328 g/mol. The fourth-order valence-corrected chi connectivity index (χ4v) is 2.99. The van der Waals surface area contributed by atoms with Crippen molar-refractivity contribution in [3.05, 3.63) is 35.1 Å². The summed E-state index contributed by atoms with van der Waals surface area (Å²) in [7, 11) is -3.84. The molecule has 0 spiro atoms. The Bertz CT molecular complexity index is 749. The maximum atomic E-state index is 12.1. The lowest BCUT2D eigenvalue weighted by molar-refractivity contribution is -0.0497. The lowest BCUT2D eigenvalue weighted by Crippen LogP contribution is -2.13. The van der Waals surface area contributed by atoms with Gasteiger partial charge in [-0.2, -0.15) is 13.9 Å². The van der Waals surface area contributed by atoms with Crippen molar-refractivity contribution in [2.24, 2.45) is 0 Å². The van der Waals surface area contributed by atoms with Crippen LogP contribution in [0.25, 0.3) is 0 Å². The molecule has 0 amide bonds. The maximum Gasteiger partial charge on any atom is 0.387 e. The summed E-state index contributed by atoms with van der Waals surface area (Å²) in [5.74, 6) is -0.242. The highest BCUT2D eigenvalue weighted by atomic mass is 35.5. The molecule has 6 nitrogen and oxygen atoms in total. The predicted octanol–water partition coefficient (Wildman–Crippen LogP) is 2.77. The summed E-state index contributed by atoms with van der Waals surface area (Å²) in [6, 6.07) is 3.58. The summed E-state index contributed by atoms with van der Waals surface area (Å²) in [5, 5.41) is 5.98. The fourth-order valence-electron chi connectivity index (χ4n) is 1.58. The monoisotopic (exact) mass is 337 g/mol. The number of H-pyrrole nitrogens is 1. The van der Waals surface area contributed by atoms with Crippen molar-refractivity contribution in [1.82, 2.24) is 10.2 Å². The van der Waals surface area contributed by atoms with Crippen molar-refractivity contribution in [2.75, 3.05) is 4.72 Å². The van der Waals surface area contributed by atoms with E-state index in [1.165, 1.54) is 12.1 Å². The number of nitrogens with one attached hydrogen (secondary N) is 2. The third-order valence-corrected chi connectivity index (χ3v) is 4.26. The third-order valence-electron chi connectivity index (χ3n) is 2.47. The van der Waals surface area contributed by atoms with Crippen LogP contribution in [0.3, 0.4) is 0 Å². The van der Waals surface area contributed by atoms with Crippen LogP contribution in [0.2, 0.25) is 5.02 Å². The molecule has 0 bridgehead atoms. The highest BCUT2D eigenvalue weighted by molar-refractivity contribution is 7.92. The van der Waals surface area contributed by atoms with Crippen LogP contribution in [0.15, 0.2) is 29.3 Å². The zero-order valence-corrected chi connectivity index (χ0v) is 12.2. The van der Waals surface area contributed by atoms with Crippen LogP contribution in [0.5, 0.6) is 5.75 Å². The summed E-state index contributed by atoms with van der Waals surface area (Å²) in [6.45, 7) is -1.47. The molecule has 1 aromatic carbocycles. The van der Waals surface area contributed by atoms with Crippen molar-refractivity contribution in [3.8, 4) is 5.75 Å². The second-order valence-corrected chi connectivity index (χ2v) is 6.05. The molecule has 2 aromatic rings. The van der Waals surface area contributed by atoms with Gasteiger partial charge in [-0.3, -0.25) is 9.82 Å². The summed E-state index contributed by atoms with van der Waals surface area (Å²) < 4.78 is 54.8. The number of hydrogen-bond donors (Lipinski definition) is 2. The third kappa shape index (κ3) is 3.61. The van der Waals surface area contributed by atoms with E-state index in [-0.39, 0.29) is 21.4 Å². The zero-order valence-electron chi connectivity index (χ0n) is 10.6. The van der Waals surface area contributed by atoms with E-state index in [0.717, 1.165) is 12.3 Å². The lowest BCUT2D eigenvalue weighted by atomic mass is 10.3. The van der Waals surface area contributed by atoms with Crippen LogP contribution in [0, 0.1) is 6.92 Å². The Balaban J connectivity index is 2.24. The van der Waals surface area contributed by atoms with Crippen molar-refractivity contribution in [1.29, 1.82) is 0 Å². The second-order valence-electron chi connectivity index (χ2n) is 3.99. The molecule has 21 heavy (non-hydrogen) atoms. The van der Waals surface area contributed by atoms with Crippen molar-refractivity contribution in [2.45, 2.75) is 18.4 Å². The number of benzene rings is 1. The summed E-state index contributed by atoms with van der Waals surface area (Å²) in [5.41, 5.74) is 0.480. The normalized spacial score (nSPS) is 11.7. The quantitative estimate of drug-likeness (QED) is 0.878. The number of halogens is 3. The van der Waals surface area contributed by atoms with E-state index in [2.05, 4.69) is 19.7 Å². The Labute approximate surface area is 124 Å². The van der Waals surface area contributed by atoms with E-state index >= 15 is 0 Å². The van der Waals surface area contributed by atoms with Gasteiger partial charge in [0, 0.05) is 0 Å². The van der Waals surface area contributed by atoms with Crippen LogP contribution in [-0.2, 0) is 10.0 Å². The van der Waals surface area contributed by atoms with Crippen molar-refractivity contribution >= 4 is 27.3 Å². The molecule has 0 atom stereocenters. The molecule has 0 saturated heterocycles. The largest absolute Gasteiger partial charge is 0.433 e. The minimum absolute atomic E-state index is 0.0217. The number of rotatable bonds is 5. The van der Waals surface area contributed by atoms with Gasteiger partial charge in [-0.25, -0.2) is 8.42 Å². The molecule has 10 heteroatoms. The first kappa shape index (κ1) is 15.5. The summed E-state index contributed by atoms with van der Waals surface area (Å²) in [6.07, 6.45) is 1.16. The van der Waals surface area contributed by atoms with E-state index in [1.54, 1.807) is 6.92 Å². The van der Waals surface area contributed by atoms with Crippen LogP contribution in [-0.4, -0.2) is 25.2 Å². The van der Waals surface area contributed by atoms with Gasteiger partial charge >= 0.3 is 6.61 Å². The van der Waals surface area contributed by atoms with Gasteiger partial charge in [-0.1, -0.05) is 11.6 Å². The molecule has 0 radical (unpaired) electrons. The van der Waals surface area contributed by atoms with E-state index in [9.17, 15) is 17.2 Å². The number of ether oxygens (including phenoxy) is 1. The summed E-state index contributed by atoms with van der Waals surface area (Å²) in [4.78, 5) is -0.0217. The molecule has 0 aliphatic heterocycles. The SMILES string of the molecule is Cc1[nH]ncc1S(=O)(=O)Nc1ccc(OC(F)F)c(Cl)c1. The van der Waals surface area contributed by atoms with E-state index in [1.807, 2.05) is 0 Å². The maximum absolute atomic E-state index is 12.1. The Morgan fingerprint density at radius 3 is 2.67 bits per heavy atom. The van der Waals surface area contributed by atoms with Crippen molar-refractivity contribution in [3.63, 3.8) is 0 Å². The Morgan fingerprint density at radius 2 is 2.14 bits per heavy atom. The van der Waals surface area contributed by atoms with Crippen LogP contribution < -0.4 is 9.46 Å². The van der Waals surface area contributed by atoms with Gasteiger partial charge in [0.2, 0.25) is 0 Å². The van der Waals surface area contributed by atoms with Crippen LogP contribution >= 0.6 is 11.6 Å². The molecular formula is C11H10ClF2N3O3S. The molecule has 114 valence electrons. The molecule has 0 saturated carbocycles. The average molecular weight is 338 g/mol. The zero-order chi connectivity index (χ0) is 15.6.